The van der Waals surface area contributed by atoms with E-state index in [0.29, 0.717) is 0 Å². The highest BCUT2D eigenvalue weighted by molar-refractivity contribution is 14.0. The van der Waals surface area contributed by atoms with Crippen molar-refractivity contribution in [2.75, 3.05) is 20.1 Å². The van der Waals surface area contributed by atoms with Gasteiger partial charge in [-0.15, -0.1) is 35.3 Å². The SMILES string of the molecule is CN=C(NCCc1ncc(C)s1)NCCc1ccc(C)cc1C.I. The molecule has 24 heavy (non-hydrogen) atoms. The molecule has 2 rings (SSSR count). The zero-order valence-electron chi connectivity index (χ0n) is 14.8. The fraction of sp³-hybridized carbons (Fsp3) is 0.444. The third-order valence-electron chi connectivity index (χ3n) is 3.71. The van der Waals surface area contributed by atoms with Crippen LogP contribution in [0, 0.1) is 20.8 Å². The van der Waals surface area contributed by atoms with Crippen molar-refractivity contribution < 1.29 is 0 Å². The van der Waals surface area contributed by atoms with E-state index in [2.05, 4.69) is 59.6 Å². The van der Waals surface area contributed by atoms with Gasteiger partial charge in [0.15, 0.2) is 5.96 Å². The molecular formula is C18H27IN4S. The van der Waals surface area contributed by atoms with Gasteiger partial charge in [0, 0.05) is 37.6 Å². The number of hydrogen-bond acceptors (Lipinski definition) is 3. The fourth-order valence-electron chi connectivity index (χ4n) is 2.47. The minimum atomic E-state index is 0. The van der Waals surface area contributed by atoms with E-state index in [9.17, 15) is 0 Å². The van der Waals surface area contributed by atoms with Crippen molar-refractivity contribution in [3.63, 3.8) is 0 Å². The maximum absolute atomic E-state index is 4.38. The van der Waals surface area contributed by atoms with Crippen LogP contribution >= 0.6 is 35.3 Å². The summed E-state index contributed by atoms with van der Waals surface area (Å²) in [6.45, 7) is 8.11. The molecule has 2 N–H and O–H groups in total. The number of halogens is 1. The number of nitrogens with one attached hydrogen (secondary N) is 2. The molecule has 0 fully saturated rings. The first-order chi connectivity index (χ1) is 11.1. The van der Waals surface area contributed by atoms with Gasteiger partial charge in [-0.2, -0.15) is 0 Å². The first-order valence-corrected chi connectivity index (χ1v) is 8.82. The van der Waals surface area contributed by atoms with Gasteiger partial charge in [-0.05, 0) is 38.3 Å². The Labute approximate surface area is 166 Å². The van der Waals surface area contributed by atoms with Crippen LogP contribution in [0.3, 0.4) is 0 Å². The van der Waals surface area contributed by atoms with Crippen LogP contribution in [-0.4, -0.2) is 31.1 Å². The molecule has 0 atom stereocenters. The van der Waals surface area contributed by atoms with Gasteiger partial charge in [-0.25, -0.2) is 4.98 Å². The van der Waals surface area contributed by atoms with Crippen LogP contribution in [0.1, 0.15) is 26.6 Å². The molecule has 0 amide bonds. The Hall–Kier alpha value is -1.15. The number of aromatic nitrogens is 1. The Kier molecular flexibility index (Phi) is 9.28. The number of hydrogen-bond donors (Lipinski definition) is 2. The quantitative estimate of drug-likeness (QED) is 0.395. The second kappa shape index (κ2) is 10.7. The Morgan fingerprint density at radius 2 is 1.83 bits per heavy atom. The van der Waals surface area contributed by atoms with E-state index in [4.69, 9.17) is 0 Å². The topological polar surface area (TPSA) is 49.3 Å². The summed E-state index contributed by atoms with van der Waals surface area (Å²) in [5.74, 6) is 0.850. The third kappa shape index (κ3) is 6.76. The van der Waals surface area contributed by atoms with Gasteiger partial charge in [-0.1, -0.05) is 23.8 Å². The highest BCUT2D eigenvalue weighted by Gasteiger charge is 2.02. The van der Waals surface area contributed by atoms with Crippen LogP contribution in [0.2, 0.25) is 0 Å². The lowest BCUT2D eigenvalue weighted by Crippen LogP contribution is -2.39. The highest BCUT2D eigenvalue weighted by Crippen LogP contribution is 2.11. The van der Waals surface area contributed by atoms with Crippen LogP contribution in [0.5, 0.6) is 0 Å². The van der Waals surface area contributed by atoms with Gasteiger partial charge in [0.25, 0.3) is 0 Å². The minimum absolute atomic E-state index is 0. The molecule has 0 unspecified atom stereocenters. The average molecular weight is 458 g/mol. The lowest BCUT2D eigenvalue weighted by Gasteiger charge is -2.12. The molecule has 0 saturated carbocycles. The van der Waals surface area contributed by atoms with E-state index in [-0.39, 0.29) is 24.0 Å². The van der Waals surface area contributed by atoms with Crippen LogP contribution in [0.15, 0.2) is 29.4 Å². The number of aryl methyl sites for hydroxylation is 3. The van der Waals surface area contributed by atoms with Gasteiger partial charge < -0.3 is 10.6 Å². The molecule has 0 aliphatic rings. The Morgan fingerprint density at radius 1 is 1.12 bits per heavy atom. The van der Waals surface area contributed by atoms with Crippen LogP contribution in [-0.2, 0) is 12.8 Å². The number of thiazole rings is 1. The summed E-state index contributed by atoms with van der Waals surface area (Å²) in [6.07, 6.45) is 3.85. The predicted octanol–water partition coefficient (Wildman–Crippen LogP) is 3.64. The van der Waals surface area contributed by atoms with Crippen molar-refractivity contribution in [2.24, 2.45) is 4.99 Å². The standard InChI is InChI=1S/C18H26N4S.HI/c1-13-5-6-16(14(2)11-13)7-9-20-18(19-4)21-10-8-17-22-12-15(3)23-17;/h5-6,11-12H,7-10H2,1-4H3,(H2,19,20,21);1H. The number of nitrogens with zero attached hydrogens (tertiary/aromatic N) is 2. The third-order valence-corrected chi connectivity index (χ3v) is 4.68. The maximum atomic E-state index is 4.38. The van der Waals surface area contributed by atoms with Gasteiger partial charge in [0.1, 0.15) is 0 Å². The summed E-state index contributed by atoms with van der Waals surface area (Å²) in [7, 11) is 1.81. The zero-order valence-corrected chi connectivity index (χ0v) is 18.0. The molecule has 0 radical (unpaired) electrons. The van der Waals surface area contributed by atoms with E-state index in [1.54, 1.807) is 18.4 Å². The molecule has 132 valence electrons. The summed E-state index contributed by atoms with van der Waals surface area (Å²) in [5.41, 5.74) is 4.06. The second-order valence-corrected chi connectivity index (χ2v) is 7.04. The number of benzene rings is 1. The molecule has 0 saturated heterocycles. The molecule has 4 nitrogen and oxygen atoms in total. The molecule has 6 heteroatoms. The van der Waals surface area contributed by atoms with Crippen LogP contribution < -0.4 is 10.6 Å². The predicted molar refractivity (Wildman–Crippen MR) is 115 cm³/mol. The molecule has 0 aliphatic heterocycles. The molecule has 2 aromatic rings. The monoisotopic (exact) mass is 458 g/mol. The van der Waals surface area contributed by atoms with Crippen LogP contribution in [0.25, 0.3) is 0 Å². The van der Waals surface area contributed by atoms with Crippen LogP contribution in [0.4, 0.5) is 0 Å². The van der Waals surface area contributed by atoms with E-state index < -0.39 is 0 Å². The Bertz CT molecular complexity index is 667. The van der Waals surface area contributed by atoms with Gasteiger partial charge >= 0.3 is 0 Å². The van der Waals surface area contributed by atoms with E-state index in [0.717, 1.165) is 31.9 Å². The molecular weight excluding hydrogens is 431 g/mol. The fourth-order valence-corrected chi connectivity index (χ4v) is 3.25. The molecule has 0 bridgehead atoms. The summed E-state index contributed by atoms with van der Waals surface area (Å²) in [5, 5.41) is 7.88. The Morgan fingerprint density at radius 3 is 2.42 bits per heavy atom. The molecule has 0 spiro atoms. The summed E-state index contributed by atoms with van der Waals surface area (Å²) in [4.78, 5) is 9.91. The average Bonchev–Trinajstić information content (AvgIpc) is 2.93. The highest BCUT2D eigenvalue weighted by atomic mass is 127. The summed E-state index contributed by atoms with van der Waals surface area (Å²) < 4.78 is 0. The largest absolute Gasteiger partial charge is 0.356 e. The first kappa shape index (κ1) is 20.9. The number of rotatable bonds is 6. The minimum Gasteiger partial charge on any atom is -0.356 e. The number of aliphatic imine (C=N–C) groups is 1. The molecule has 1 heterocycles. The van der Waals surface area contributed by atoms with Crippen molar-refractivity contribution >= 4 is 41.3 Å². The molecule has 1 aromatic carbocycles. The maximum Gasteiger partial charge on any atom is 0.191 e. The van der Waals surface area contributed by atoms with Crippen molar-refractivity contribution in [2.45, 2.75) is 33.6 Å². The zero-order chi connectivity index (χ0) is 16.7. The second-order valence-electron chi connectivity index (χ2n) is 5.72. The summed E-state index contributed by atoms with van der Waals surface area (Å²) >= 11 is 1.75. The van der Waals surface area contributed by atoms with E-state index in [1.165, 1.54) is 26.6 Å². The van der Waals surface area contributed by atoms with Gasteiger partial charge in [0.2, 0.25) is 0 Å². The van der Waals surface area contributed by atoms with E-state index >= 15 is 0 Å². The van der Waals surface area contributed by atoms with Gasteiger partial charge in [-0.3, -0.25) is 4.99 Å². The van der Waals surface area contributed by atoms with Crippen molar-refractivity contribution in [1.29, 1.82) is 0 Å². The lowest BCUT2D eigenvalue weighted by atomic mass is 10.0. The van der Waals surface area contributed by atoms with Crippen molar-refractivity contribution in [1.82, 2.24) is 15.6 Å². The first-order valence-electron chi connectivity index (χ1n) is 8.00. The molecule has 0 aliphatic carbocycles. The number of guanidine groups is 1. The normalized spacial score (nSPS) is 11.1. The smallest absolute Gasteiger partial charge is 0.191 e. The Balaban J connectivity index is 0.00000288. The lowest BCUT2D eigenvalue weighted by molar-refractivity contribution is 0.780. The molecule has 1 aromatic heterocycles. The summed E-state index contributed by atoms with van der Waals surface area (Å²) in [6, 6.07) is 6.62. The van der Waals surface area contributed by atoms with Gasteiger partial charge in [0.05, 0.1) is 5.01 Å². The van der Waals surface area contributed by atoms with Crippen molar-refractivity contribution in [3.8, 4) is 0 Å². The van der Waals surface area contributed by atoms with E-state index in [1.807, 2.05) is 6.20 Å². The van der Waals surface area contributed by atoms with Crippen molar-refractivity contribution in [3.05, 3.63) is 51.0 Å².